The van der Waals surface area contributed by atoms with E-state index in [1.54, 1.807) is 0 Å². The molecule has 1 aliphatic heterocycles. The summed E-state index contributed by atoms with van der Waals surface area (Å²) >= 11 is 5.98. The van der Waals surface area contributed by atoms with Crippen LogP contribution in [0.15, 0.2) is 12.1 Å². The van der Waals surface area contributed by atoms with Crippen LogP contribution in [0.2, 0.25) is 5.02 Å². The van der Waals surface area contributed by atoms with Gasteiger partial charge in [0, 0.05) is 12.6 Å². The average Bonchev–Trinajstić information content (AvgIpc) is 2.46. The minimum Gasteiger partial charge on any atom is -0.394 e. The molecule has 1 saturated heterocycles. The molecule has 1 aromatic carbocycles. The van der Waals surface area contributed by atoms with Crippen LogP contribution >= 0.6 is 11.6 Å². The van der Waals surface area contributed by atoms with Gasteiger partial charge in [0.05, 0.1) is 28.2 Å². The van der Waals surface area contributed by atoms with Crippen molar-refractivity contribution in [3.63, 3.8) is 0 Å². The zero-order chi connectivity index (χ0) is 14.7. The number of nitriles is 1. The third kappa shape index (κ3) is 2.69. The molecule has 1 N–H and O–H groups in total. The van der Waals surface area contributed by atoms with E-state index in [1.165, 1.54) is 12.1 Å². The minimum absolute atomic E-state index is 0.0607. The molecule has 0 spiro atoms. The molecule has 7 heteroatoms. The van der Waals surface area contributed by atoms with Crippen LogP contribution in [-0.2, 0) is 0 Å². The molecule has 1 atom stereocenters. The molecule has 6 nitrogen and oxygen atoms in total. The molecule has 0 saturated carbocycles. The van der Waals surface area contributed by atoms with Gasteiger partial charge in [-0.15, -0.1) is 0 Å². The summed E-state index contributed by atoms with van der Waals surface area (Å²) in [4.78, 5) is 12.5. The number of nitro groups is 1. The monoisotopic (exact) mass is 295 g/mol. The number of aliphatic hydroxyl groups is 1. The Kier molecular flexibility index (Phi) is 4.42. The Morgan fingerprint density at radius 1 is 1.55 bits per heavy atom. The van der Waals surface area contributed by atoms with Gasteiger partial charge in [-0.05, 0) is 25.3 Å². The number of nitro benzene ring substituents is 1. The second-order valence-electron chi connectivity index (χ2n) is 4.72. The number of benzene rings is 1. The Labute approximate surface area is 121 Å². The highest BCUT2D eigenvalue weighted by Gasteiger charge is 2.29. The molecule has 0 aromatic heterocycles. The lowest BCUT2D eigenvalue weighted by Gasteiger charge is -2.36. The Morgan fingerprint density at radius 3 is 2.90 bits per heavy atom. The standard InChI is InChI=1S/C13H14ClN3O3/c14-11-6-12(13(17(19)20)5-9(11)7-15)16-4-2-1-3-10(16)8-18/h5-6,10,18H,1-4,8H2/t10-/m0/s1. The van der Waals surface area contributed by atoms with Crippen molar-refractivity contribution in [3.8, 4) is 6.07 Å². The molecule has 0 radical (unpaired) electrons. The Bertz CT molecular complexity index is 571. The molecular weight excluding hydrogens is 282 g/mol. The first kappa shape index (κ1) is 14.6. The van der Waals surface area contributed by atoms with Crippen LogP contribution in [0, 0.1) is 21.4 Å². The third-order valence-corrected chi connectivity index (χ3v) is 3.84. The lowest BCUT2D eigenvalue weighted by atomic mass is 10.0. The van der Waals surface area contributed by atoms with Crippen LogP contribution in [0.5, 0.6) is 0 Å². The lowest BCUT2D eigenvalue weighted by molar-refractivity contribution is -0.384. The molecule has 1 fully saturated rings. The van der Waals surface area contributed by atoms with Gasteiger partial charge in [0.1, 0.15) is 11.8 Å². The molecule has 2 rings (SSSR count). The molecular formula is C13H14ClN3O3. The van der Waals surface area contributed by atoms with E-state index in [0.29, 0.717) is 12.2 Å². The summed E-state index contributed by atoms with van der Waals surface area (Å²) in [7, 11) is 0. The van der Waals surface area contributed by atoms with E-state index in [2.05, 4.69) is 0 Å². The van der Waals surface area contributed by atoms with Crippen LogP contribution in [0.3, 0.4) is 0 Å². The van der Waals surface area contributed by atoms with Gasteiger partial charge in [0.15, 0.2) is 0 Å². The molecule has 1 heterocycles. The van der Waals surface area contributed by atoms with E-state index in [9.17, 15) is 15.2 Å². The number of anilines is 1. The van der Waals surface area contributed by atoms with Crippen LogP contribution in [-0.4, -0.2) is 29.2 Å². The molecule has 1 aliphatic rings. The Morgan fingerprint density at radius 2 is 2.30 bits per heavy atom. The van der Waals surface area contributed by atoms with Crippen LogP contribution < -0.4 is 4.90 Å². The summed E-state index contributed by atoms with van der Waals surface area (Å²) in [5.41, 5.74) is 0.309. The SMILES string of the molecule is N#Cc1cc([N+](=O)[O-])c(N2CCCC[C@H]2CO)cc1Cl. The number of halogens is 1. The van der Waals surface area contributed by atoms with Crippen LogP contribution in [0.25, 0.3) is 0 Å². The topological polar surface area (TPSA) is 90.4 Å². The number of nitrogens with zero attached hydrogens (tertiary/aromatic N) is 3. The number of hydrogen-bond donors (Lipinski definition) is 1. The average molecular weight is 296 g/mol. The second kappa shape index (κ2) is 6.07. The number of piperidine rings is 1. The smallest absolute Gasteiger partial charge is 0.293 e. The quantitative estimate of drug-likeness (QED) is 0.683. The van der Waals surface area contributed by atoms with Crippen molar-refractivity contribution in [1.82, 2.24) is 0 Å². The number of aliphatic hydroxyl groups excluding tert-OH is 1. The Hall–Kier alpha value is -1.84. The van der Waals surface area contributed by atoms with Crippen molar-refractivity contribution in [2.75, 3.05) is 18.1 Å². The molecule has 0 bridgehead atoms. The van der Waals surface area contributed by atoms with Gasteiger partial charge < -0.3 is 10.0 Å². The molecule has 20 heavy (non-hydrogen) atoms. The molecule has 0 aliphatic carbocycles. The van der Waals surface area contributed by atoms with Crippen molar-refractivity contribution in [2.24, 2.45) is 0 Å². The first-order chi connectivity index (χ1) is 9.58. The van der Waals surface area contributed by atoms with Gasteiger partial charge in [-0.3, -0.25) is 10.1 Å². The fraction of sp³-hybridized carbons (Fsp3) is 0.462. The number of rotatable bonds is 3. The maximum atomic E-state index is 11.2. The Balaban J connectivity index is 2.51. The molecule has 0 amide bonds. The fourth-order valence-electron chi connectivity index (χ4n) is 2.52. The van der Waals surface area contributed by atoms with E-state index >= 15 is 0 Å². The van der Waals surface area contributed by atoms with Crippen molar-refractivity contribution in [2.45, 2.75) is 25.3 Å². The number of hydrogen-bond acceptors (Lipinski definition) is 5. The maximum Gasteiger partial charge on any atom is 0.293 e. The molecule has 0 unspecified atom stereocenters. The normalized spacial score (nSPS) is 18.6. The van der Waals surface area contributed by atoms with E-state index < -0.39 is 4.92 Å². The van der Waals surface area contributed by atoms with E-state index in [0.717, 1.165) is 19.3 Å². The van der Waals surface area contributed by atoms with Crippen LogP contribution in [0.1, 0.15) is 24.8 Å². The van der Waals surface area contributed by atoms with Gasteiger partial charge in [-0.25, -0.2) is 0 Å². The predicted octanol–water partition coefficient (Wildman–Crippen LogP) is 2.47. The molecule has 106 valence electrons. The van der Waals surface area contributed by atoms with Crippen molar-refractivity contribution < 1.29 is 10.0 Å². The van der Waals surface area contributed by atoms with Gasteiger partial charge in [-0.2, -0.15) is 5.26 Å². The second-order valence-corrected chi connectivity index (χ2v) is 5.12. The summed E-state index contributed by atoms with van der Waals surface area (Å²) in [6.07, 6.45) is 2.68. The zero-order valence-electron chi connectivity index (χ0n) is 10.8. The maximum absolute atomic E-state index is 11.2. The lowest BCUT2D eigenvalue weighted by Crippen LogP contribution is -2.42. The van der Waals surface area contributed by atoms with Gasteiger partial charge >= 0.3 is 0 Å². The summed E-state index contributed by atoms with van der Waals surface area (Å²) in [6, 6.07) is 4.34. The van der Waals surface area contributed by atoms with E-state index in [4.69, 9.17) is 16.9 Å². The van der Waals surface area contributed by atoms with Gasteiger partial charge in [0.2, 0.25) is 0 Å². The first-order valence-corrected chi connectivity index (χ1v) is 6.71. The first-order valence-electron chi connectivity index (χ1n) is 6.34. The van der Waals surface area contributed by atoms with Crippen molar-refractivity contribution in [1.29, 1.82) is 5.26 Å². The predicted molar refractivity (Wildman–Crippen MR) is 74.9 cm³/mol. The van der Waals surface area contributed by atoms with Crippen molar-refractivity contribution in [3.05, 3.63) is 32.8 Å². The minimum atomic E-state index is -0.518. The highest BCUT2D eigenvalue weighted by molar-refractivity contribution is 6.32. The third-order valence-electron chi connectivity index (χ3n) is 3.53. The highest BCUT2D eigenvalue weighted by atomic mass is 35.5. The van der Waals surface area contributed by atoms with Gasteiger partial charge in [0.25, 0.3) is 5.69 Å². The van der Waals surface area contributed by atoms with Crippen molar-refractivity contribution >= 4 is 23.0 Å². The summed E-state index contributed by atoms with van der Waals surface area (Å²) in [5, 5.41) is 29.7. The molecule has 1 aromatic rings. The zero-order valence-corrected chi connectivity index (χ0v) is 11.5. The van der Waals surface area contributed by atoms with E-state index in [-0.39, 0.29) is 28.9 Å². The summed E-state index contributed by atoms with van der Waals surface area (Å²) < 4.78 is 0. The summed E-state index contributed by atoms with van der Waals surface area (Å²) in [5.74, 6) is 0. The fourth-order valence-corrected chi connectivity index (χ4v) is 2.72. The van der Waals surface area contributed by atoms with Gasteiger partial charge in [-0.1, -0.05) is 11.6 Å². The largest absolute Gasteiger partial charge is 0.394 e. The highest BCUT2D eigenvalue weighted by Crippen LogP contribution is 2.36. The van der Waals surface area contributed by atoms with E-state index in [1.807, 2.05) is 11.0 Å². The van der Waals surface area contributed by atoms with Crippen LogP contribution in [0.4, 0.5) is 11.4 Å². The summed E-state index contributed by atoms with van der Waals surface area (Å²) in [6.45, 7) is 0.572.